The van der Waals surface area contributed by atoms with E-state index in [2.05, 4.69) is 0 Å². The van der Waals surface area contributed by atoms with Crippen LogP contribution < -0.4 is 0 Å². The highest BCUT2D eigenvalue weighted by Crippen LogP contribution is 2.39. The van der Waals surface area contributed by atoms with Crippen molar-refractivity contribution >= 4 is 17.7 Å². The Kier molecular flexibility index (Phi) is 5.33. The number of methoxy groups -OCH3 is 1. The lowest BCUT2D eigenvalue weighted by molar-refractivity contribution is -0.141. The van der Waals surface area contributed by atoms with Crippen LogP contribution in [0, 0.1) is 5.82 Å². The Hall–Kier alpha value is -2.28. The van der Waals surface area contributed by atoms with E-state index in [1.165, 1.54) is 37.3 Å². The lowest BCUT2D eigenvalue weighted by Gasteiger charge is -2.28. The van der Waals surface area contributed by atoms with Gasteiger partial charge < -0.3 is 9.64 Å². The Morgan fingerprint density at radius 2 is 2.12 bits per heavy atom. The van der Waals surface area contributed by atoms with Crippen molar-refractivity contribution in [2.75, 3.05) is 34.4 Å². The smallest absolute Gasteiger partial charge is 0.240 e. The van der Waals surface area contributed by atoms with Gasteiger partial charge in [-0.25, -0.2) is 4.39 Å². The number of hydrogen-bond acceptors (Lipinski definition) is 4. The van der Waals surface area contributed by atoms with E-state index in [1.807, 2.05) is 0 Å². The van der Waals surface area contributed by atoms with Gasteiger partial charge in [0.1, 0.15) is 5.82 Å². The largest absolute Gasteiger partial charge is 0.383 e. The monoisotopic (exact) mass is 336 g/mol. The molecule has 0 bridgehead atoms. The summed E-state index contributed by atoms with van der Waals surface area (Å²) in [6.07, 6.45) is -0.332. The summed E-state index contributed by atoms with van der Waals surface area (Å²) in [7, 11) is 4.51. The van der Waals surface area contributed by atoms with Crippen molar-refractivity contribution < 1.29 is 23.5 Å². The van der Waals surface area contributed by atoms with E-state index in [1.54, 1.807) is 13.1 Å². The number of hydrogen-bond donors (Lipinski definition) is 0. The molecule has 0 N–H and O–H groups in total. The molecule has 1 fully saturated rings. The van der Waals surface area contributed by atoms with Crippen LogP contribution in [0.2, 0.25) is 0 Å². The maximum Gasteiger partial charge on any atom is 0.240 e. The summed E-state index contributed by atoms with van der Waals surface area (Å²) in [6, 6.07) is 5.53. The fraction of sp³-hybridized carbons (Fsp3) is 0.471. The van der Waals surface area contributed by atoms with Crippen molar-refractivity contribution in [1.29, 1.82) is 0 Å². The summed E-state index contributed by atoms with van der Waals surface area (Å²) in [6.45, 7) is 0.731. The van der Waals surface area contributed by atoms with E-state index in [9.17, 15) is 18.8 Å². The number of carbonyl (C=O) groups excluding carboxylic acids is 3. The van der Waals surface area contributed by atoms with E-state index in [0.29, 0.717) is 18.7 Å². The summed E-state index contributed by atoms with van der Waals surface area (Å²) in [5.74, 6) is -1.67. The van der Waals surface area contributed by atoms with E-state index >= 15 is 0 Å². The molecule has 24 heavy (non-hydrogen) atoms. The third-order valence-corrected chi connectivity index (χ3v) is 4.43. The minimum absolute atomic E-state index is 0.143. The minimum atomic E-state index is -1.35. The van der Waals surface area contributed by atoms with Gasteiger partial charge in [-0.2, -0.15) is 0 Å². The molecule has 1 aromatic rings. The molecule has 0 aliphatic carbocycles. The molecule has 1 heterocycles. The van der Waals surface area contributed by atoms with E-state index < -0.39 is 17.1 Å². The molecule has 1 aliphatic rings. The number of rotatable bonds is 6. The molecule has 1 atom stereocenters. The number of likely N-dealkylation sites (tertiary alicyclic amines) is 1. The maximum absolute atomic E-state index is 13.7. The molecule has 6 nitrogen and oxygen atoms in total. The molecule has 0 radical (unpaired) electrons. The predicted molar refractivity (Wildman–Crippen MR) is 84.6 cm³/mol. The van der Waals surface area contributed by atoms with Crippen LogP contribution in [0.25, 0.3) is 0 Å². The second kappa shape index (κ2) is 7.09. The maximum atomic E-state index is 13.7. The van der Waals surface area contributed by atoms with Crippen molar-refractivity contribution in [3.63, 3.8) is 0 Å². The molecule has 0 saturated carbocycles. The molecule has 1 aromatic carbocycles. The van der Waals surface area contributed by atoms with E-state index in [4.69, 9.17) is 4.74 Å². The zero-order valence-corrected chi connectivity index (χ0v) is 14.0. The van der Waals surface area contributed by atoms with Crippen LogP contribution in [0.3, 0.4) is 0 Å². The van der Waals surface area contributed by atoms with Crippen LogP contribution in [0.15, 0.2) is 24.3 Å². The molecular weight excluding hydrogens is 315 g/mol. The molecule has 1 saturated heterocycles. The van der Waals surface area contributed by atoms with Gasteiger partial charge in [-0.15, -0.1) is 0 Å². The van der Waals surface area contributed by atoms with Crippen molar-refractivity contribution in [2.45, 2.75) is 18.3 Å². The molecule has 3 amide bonds. The summed E-state index contributed by atoms with van der Waals surface area (Å²) in [5, 5.41) is 0. The first-order valence-corrected chi connectivity index (χ1v) is 7.62. The molecule has 2 rings (SSSR count). The Bertz CT molecular complexity index is 664. The molecule has 1 aliphatic heterocycles. The lowest BCUT2D eigenvalue weighted by atomic mass is 9.75. The van der Waals surface area contributed by atoms with Gasteiger partial charge in [-0.1, -0.05) is 12.1 Å². The van der Waals surface area contributed by atoms with E-state index in [0.717, 1.165) is 4.90 Å². The molecule has 0 aromatic heterocycles. The lowest BCUT2D eigenvalue weighted by Crippen LogP contribution is -2.42. The van der Waals surface area contributed by atoms with Gasteiger partial charge >= 0.3 is 0 Å². The van der Waals surface area contributed by atoms with Crippen LogP contribution in [-0.2, 0) is 24.5 Å². The number of nitrogens with zero attached hydrogens (tertiary/aromatic N) is 2. The Morgan fingerprint density at radius 3 is 2.67 bits per heavy atom. The highest BCUT2D eigenvalue weighted by Gasteiger charge is 2.52. The third-order valence-electron chi connectivity index (χ3n) is 4.43. The average molecular weight is 336 g/mol. The van der Waals surface area contributed by atoms with Crippen LogP contribution in [0.5, 0.6) is 0 Å². The first-order valence-electron chi connectivity index (χ1n) is 7.62. The fourth-order valence-electron chi connectivity index (χ4n) is 2.88. The first kappa shape index (κ1) is 18.1. The molecular formula is C17H21FN2O4. The van der Waals surface area contributed by atoms with Crippen molar-refractivity contribution in [2.24, 2.45) is 0 Å². The molecule has 0 spiro atoms. The predicted octanol–water partition coefficient (Wildman–Crippen LogP) is 0.947. The Balaban J connectivity index is 2.37. The Morgan fingerprint density at radius 1 is 1.42 bits per heavy atom. The van der Waals surface area contributed by atoms with Gasteiger partial charge in [-0.3, -0.25) is 19.3 Å². The standard InChI is InChI=1S/C17H21FN2O4/c1-19(7-8-24-3)14(21)10-17(11-15(22)20(2)16(17)23)12-5-4-6-13(18)9-12/h4-6,9H,7-8,10-11H2,1-3H3/t17-/m0/s1. The highest BCUT2D eigenvalue weighted by atomic mass is 19.1. The third kappa shape index (κ3) is 3.31. The molecule has 0 unspecified atom stereocenters. The number of imide groups is 1. The normalized spacial score (nSPS) is 20.6. The number of benzene rings is 1. The zero-order chi connectivity index (χ0) is 17.9. The minimum Gasteiger partial charge on any atom is -0.383 e. The average Bonchev–Trinajstić information content (AvgIpc) is 2.77. The number of halogens is 1. The Labute approximate surface area is 140 Å². The molecule has 7 heteroatoms. The number of amides is 3. The van der Waals surface area contributed by atoms with Gasteiger partial charge in [0, 0.05) is 40.6 Å². The summed E-state index contributed by atoms with van der Waals surface area (Å²) >= 11 is 0. The van der Waals surface area contributed by atoms with Crippen LogP contribution in [0.1, 0.15) is 18.4 Å². The van der Waals surface area contributed by atoms with E-state index in [-0.39, 0.29) is 24.7 Å². The molecule has 130 valence electrons. The van der Waals surface area contributed by atoms with Crippen molar-refractivity contribution in [3.05, 3.63) is 35.6 Å². The topological polar surface area (TPSA) is 66.9 Å². The van der Waals surface area contributed by atoms with Crippen LogP contribution in [-0.4, -0.2) is 61.9 Å². The highest BCUT2D eigenvalue weighted by molar-refractivity contribution is 6.10. The SMILES string of the molecule is COCCN(C)C(=O)C[C@@]1(c2cccc(F)c2)CC(=O)N(C)C1=O. The quantitative estimate of drug-likeness (QED) is 0.726. The van der Waals surface area contributed by atoms with Crippen molar-refractivity contribution in [3.8, 4) is 0 Å². The summed E-state index contributed by atoms with van der Waals surface area (Å²) in [5.41, 5.74) is -1.01. The van der Waals surface area contributed by atoms with Gasteiger partial charge in [-0.05, 0) is 17.7 Å². The number of likely N-dealkylation sites (N-methyl/N-ethyl adjacent to an activating group) is 2. The van der Waals surface area contributed by atoms with Crippen LogP contribution >= 0.6 is 0 Å². The van der Waals surface area contributed by atoms with Gasteiger partial charge in [0.15, 0.2) is 0 Å². The zero-order valence-electron chi connectivity index (χ0n) is 14.0. The first-order chi connectivity index (χ1) is 11.3. The summed E-state index contributed by atoms with van der Waals surface area (Å²) in [4.78, 5) is 39.7. The second-order valence-corrected chi connectivity index (χ2v) is 6.01. The summed E-state index contributed by atoms with van der Waals surface area (Å²) < 4.78 is 18.6. The van der Waals surface area contributed by atoms with Gasteiger partial charge in [0.25, 0.3) is 0 Å². The van der Waals surface area contributed by atoms with Gasteiger partial charge in [0.2, 0.25) is 17.7 Å². The second-order valence-electron chi connectivity index (χ2n) is 6.01. The van der Waals surface area contributed by atoms with Crippen molar-refractivity contribution in [1.82, 2.24) is 9.80 Å². The fourth-order valence-corrected chi connectivity index (χ4v) is 2.88. The van der Waals surface area contributed by atoms with Crippen LogP contribution in [0.4, 0.5) is 4.39 Å². The number of carbonyl (C=O) groups is 3. The van der Waals surface area contributed by atoms with Gasteiger partial charge in [0.05, 0.1) is 12.0 Å². The number of ether oxygens (including phenoxy) is 1.